The highest BCUT2D eigenvalue weighted by Crippen LogP contribution is 2.25. The Kier molecular flexibility index (Phi) is 4.09. The molecule has 2 nitrogen and oxygen atoms in total. The monoisotopic (exact) mass is 297 g/mol. The molecule has 0 bridgehead atoms. The SMILES string of the molecule is Oc1cccc(Cl)c1CNCc1cccc2ccccc12. The number of halogens is 1. The van der Waals surface area contributed by atoms with Crippen molar-refractivity contribution in [2.24, 2.45) is 0 Å². The van der Waals surface area contributed by atoms with Crippen LogP contribution in [-0.2, 0) is 13.1 Å². The van der Waals surface area contributed by atoms with E-state index in [0.29, 0.717) is 11.6 Å². The first-order valence-electron chi connectivity index (χ1n) is 6.89. The van der Waals surface area contributed by atoms with Crippen molar-refractivity contribution in [2.75, 3.05) is 0 Å². The van der Waals surface area contributed by atoms with Crippen LogP contribution in [0.4, 0.5) is 0 Å². The van der Waals surface area contributed by atoms with Gasteiger partial charge in [-0.1, -0.05) is 60.1 Å². The number of nitrogens with one attached hydrogen (secondary N) is 1. The summed E-state index contributed by atoms with van der Waals surface area (Å²) in [6.07, 6.45) is 0. The summed E-state index contributed by atoms with van der Waals surface area (Å²) in [5, 5.41) is 16.2. The number of hydrogen-bond donors (Lipinski definition) is 2. The highest BCUT2D eigenvalue weighted by molar-refractivity contribution is 6.31. The van der Waals surface area contributed by atoms with E-state index in [1.165, 1.54) is 16.3 Å². The standard InChI is InChI=1S/C18H16ClNO/c19-17-9-4-10-18(21)16(17)12-20-11-14-7-3-6-13-5-1-2-8-15(13)14/h1-10,20-21H,11-12H2. The molecule has 3 heteroatoms. The third kappa shape index (κ3) is 3.02. The van der Waals surface area contributed by atoms with Crippen LogP contribution < -0.4 is 5.32 Å². The Morgan fingerprint density at radius 2 is 1.62 bits per heavy atom. The highest BCUT2D eigenvalue weighted by Gasteiger charge is 2.06. The fraction of sp³-hybridized carbons (Fsp3) is 0.111. The number of phenols is 1. The summed E-state index contributed by atoms with van der Waals surface area (Å²) in [6, 6.07) is 19.8. The van der Waals surface area contributed by atoms with Gasteiger partial charge in [-0.3, -0.25) is 0 Å². The Hall–Kier alpha value is -2.03. The van der Waals surface area contributed by atoms with Gasteiger partial charge in [0.1, 0.15) is 5.75 Å². The van der Waals surface area contributed by atoms with Gasteiger partial charge in [0.25, 0.3) is 0 Å². The topological polar surface area (TPSA) is 32.3 Å². The second-order valence-corrected chi connectivity index (χ2v) is 5.39. The van der Waals surface area contributed by atoms with E-state index >= 15 is 0 Å². The maximum Gasteiger partial charge on any atom is 0.121 e. The third-order valence-corrected chi connectivity index (χ3v) is 3.95. The fourth-order valence-electron chi connectivity index (χ4n) is 2.49. The molecule has 0 aliphatic rings. The lowest BCUT2D eigenvalue weighted by atomic mass is 10.0. The number of aromatic hydroxyl groups is 1. The van der Waals surface area contributed by atoms with Gasteiger partial charge in [-0.15, -0.1) is 0 Å². The second-order valence-electron chi connectivity index (χ2n) is 4.98. The van der Waals surface area contributed by atoms with Crippen LogP contribution in [0.15, 0.2) is 60.7 Å². The number of benzene rings is 3. The second kappa shape index (κ2) is 6.17. The molecule has 3 aromatic carbocycles. The molecule has 0 saturated carbocycles. The molecule has 2 N–H and O–H groups in total. The van der Waals surface area contributed by atoms with Crippen LogP contribution in [0.3, 0.4) is 0 Å². The Bertz CT molecular complexity index is 745. The van der Waals surface area contributed by atoms with Crippen molar-refractivity contribution in [2.45, 2.75) is 13.1 Å². The zero-order valence-electron chi connectivity index (χ0n) is 11.5. The van der Waals surface area contributed by atoms with Crippen molar-refractivity contribution in [3.05, 3.63) is 76.8 Å². The van der Waals surface area contributed by atoms with Gasteiger partial charge in [-0.2, -0.15) is 0 Å². The van der Waals surface area contributed by atoms with Crippen molar-refractivity contribution < 1.29 is 5.11 Å². The Balaban J connectivity index is 1.76. The van der Waals surface area contributed by atoms with Gasteiger partial charge in [-0.25, -0.2) is 0 Å². The average Bonchev–Trinajstić information content (AvgIpc) is 2.50. The predicted molar refractivity (Wildman–Crippen MR) is 87.6 cm³/mol. The van der Waals surface area contributed by atoms with Gasteiger partial charge in [-0.05, 0) is 28.5 Å². The van der Waals surface area contributed by atoms with Crippen LogP contribution in [0, 0.1) is 0 Å². The van der Waals surface area contributed by atoms with E-state index in [2.05, 4.69) is 35.6 Å². The molecule has 3 aromatic rings. The van der Waals surface area contributed by atoms with Crippen molar-refractivity contribution in [1.29, 1.82) is 0 Å². The van der Waals surface area contributed by atoms with Crippen LogP contribution >= 0.6 is 11.6 Å². The highest BCUT2D eigenvalue weighted by atomic mass is 35.5. The zero-order valence-corrected chi connectivity index (χ0v) is 12.3. The molecule has 0 unspecified atom stereocenters. The summed E-state index contributed by atoms with van der Waals surface area (Å²) in [5.41, 5.74) is 1.97. The molecule has 0 spiro atoms. The van der Waals surface area contributed by atoms with Crippen molar-refractivity contribution in [1.82, 2.24) is 5.32 Å². The molecule has 0 amide bonds. The third-order valence-electron chi connectivity index (χ3n) is 3.59. The largest absolute Gasteiger partial charge is 0.508 e. The smallest absolute Gasteiger partial charge is 0.121 e. The molecule has 0 atom stereocenters. The molecule has 0 radical (unpaired) electrons. The van der Waals surface area contributed by atoms with E-state index in [1.807, 2.05) is 12.1 Å². The summed E-state index contributed by atoms with van der Waals surface area (Å²) in [7, 11) is 0. The lowest BCUT2D eigenvalue weighted by Crippen LogP contribution is -2.13. The predicted octanol–water partition coefficient (Wildman–Crippen LogP) is 4.49. The molecule has 3 rings (SSSR count). The lowest BCUT2D eigenvalue weighted by molar-refractivity contribution is 0.464. The first-order valence-corrected chi connectivity index (χ1v) is 7.27. The van der Waals surface area contributed by atoms with E-state index in [0.717, 1.165) is 12.1 Å². The molecular weight excluding hydrogens is 282 g/mol. The van der Waals surface area contributed by atoms with Gasteiger partial charge in [0.05, 0.1) is 0 Å². The summed E-state index contributed by atoms with van der Waals surface area (Å²) >= 11 is 6.11. The van der Waals surface area contributed by atoms with E-state index < -0.39 is 0 Å². The number of hydrogen-bond acceptors (Lipinski definition) is 2. The van der Waals surface area contributed by atoms with Gasteiger partial charge in [0.15, 0.2) is 0 Å². The van der Waals surface area contributed by atoms with Crippen molar-refractivity contribution >= 4 is 22.4 Å². The number of fused-ring (bicyclic) bond motifs is 1. The van der Waals surface area contributed by atoms with Crippen LogP contribution in [0.1, 0.15) is 11.1 Å². The van der Waals surface area contributed by atoms with Crippen molar-refractivity contribution in [3.63, 3.8) is 0 Å². The maximum absolute atomic E-state index is 9.84. The van der Waals surface area contributed by atoms with Crippen molar-refractivity contribution in [3.8, 4) is 5.75 Å². The van der Waals surface area contributed by atoms with Crippen LogP contribution in [0.25, 0.3) is 10.8 Å². The number of rotatable bonds is 4. The number of phenolic OH excluding ortho intramolecular Hbond substituents is 1. The fourth-order valence-corrected chi connectivity index (χ4v) is 2.73. The first-order chi connectivity index (χ1) is 10.3. The molecule has 0 heterocycles. The Morgan fingerprint density at radius 1 is 0.857 bits per heavy atom. The molecule has 0 aliphatic carbocycles. The van der Waals surface area contributed by atoms with E-state index in [9.17, 15) is 5.11 Å². The van der Waals surface area contributed by atoms with Gasteiger partial charge in [0, 0.05) is 23.7 Å². The van der Waals surface area contributed by atoms with E-state index in [4.69, 9.17) is 11.6 Å². The quantitative estimate of drug-likeness (QED) is 0.744. The minimum absolute atomic E-state index is 0.230. The zero-order chi connectivity index (χ0) is 14.7. The molecule has 0 saturated heterocycles. The summed E-state index contributed by atoms with van der Waals surface area (Å²) in [4.78, 5) is 0. The normalized spacial score (nSPS) is 10.9. The van der Waals surface area contributed by atoms with Crippen LogP contribution in [-0.4, -0.2) is 5.11 Å². The van der Waals surface area contributed by atoms with Gasteiger partial charge < -0.3 is 10.4 Å². The molecule has 21 heavy (non-hydrogen) atoms. The molecule has 0 aliphatic heterocycles. The molecular formula is C18H16ClNO. The average molecular weight is 298 g/mol. The van der Waals surface area contributed by atoms with Gasteiger partial charge >= 0.3 is 0 Å². The van der Waals surface area contributed by atoms with Gasteiger partial charge in [0.2, 0.25) is 0 Å². The maximum atomic E-state index is 9.84. The Morgan fingerprint density at radius 3 is 2.48 bits per heavy atom. The van der Waals surface area contributed by atoms with Crippen LogP contribution in [0.5, 0.6) is 5.75 Å². The minimum atomic E-state index is 0.230. The minimum Gasteiger partial charge on any atom is -0.508 e. The van der Waals surface area contributed by atoms with Crippen LogP contribution in [0.2, 0.25) is 5.02 Å². The Labute approximate surface area is 129 Å². The van der Waals surface area contributed by atoms with E-state index in [-0.39, 0.29) is 5.75 Å². The summed E-state index contributed by atoms with van der Waals surface area (Å²) < 4.78 is 0. The lowest BCUT2D eigenvalue weighted by Gasteiger charge is -2.10. The van der Waals surface area contributed by atoms with E-state index in [1.54, 1.807) is 18.2 Å². The molecule has 106 valence electrons. The molecule has 0 fully saturated rings. The molecule has 0 aromatic heterocycles. The first kappa shape index (κ1) is 13.9. The summed E-state index contributed by atoms with van der Waals surface area (Å²) in [5.74, 6) is 0.230. The summed E-state index contributed by atoms with van der Waals surface area (Å²) in [6.45, 7) is 1.26.